The van der Waals surface area contributed by atoms with Crippen LogP contribution in [0.4, 0.5) is 5.95 Å². The van der Waals surface area contributed by atoms with Crippen molar-refractivity contribution >= 4 is 34.2 Å². The minimum absolute atomic E-state index is 0.101. The van der Waals surface area contributed by atoms with Crippen LogP contribution in [0.25, 0.3) is 11.0 Å². The summed E-state index contributed by atoms with van der Waals surface area (Å²) in [6, 6.07) is 19.6. The van der Waals surface area contributed by atoms with Crippen molar-refractivity contribution in [3.63, 3.8) is 0 Å². The van der Waals surface area contributed by atoms with Gasteiger partial charge in [0.25, 0.3) is 5.91 Å². The summed E-state index contributed by atoms with van der Waals surface area (Å²) in [5, 5.41) is 11.6. The van der Waals surface area contributed by atoms with Crippen LogP contribution in [0.15, 0.2) is 70.5 Å². The molecule has 1 unspecified atom stereocenters. The van der Waals surface area contributed by atoms with Crippen LogP contribution in [0.5, 0.6) is 17.2 Å². The van der Waals surface area contributed by atoms with E-state index in [4.69, 9.17) is 23.6 Å². The van der Waals surface area contributed by atoms with E-state index in [2.05, 4.69) is 44.0 Å². The number of aliphatic hydroxyl groups excluding tert-OH is 1. The molecule has 1 saturated heterocycles. The second-order valence-electron chi connectivity index (χ2n) is 12.3. The van der Waals surface area contributed by atoms with E-state index >= 15 is 0 Å². The first-order valence-electron chi connectivity index (χ1n) is 16.6. The van der Waals surface area contributed by atoms with Crippen molar-refractivity contribution in [2.45, 2.75) is 31.9 Å². The molecule has 1 aliphatic rings. The number of amides is 1. The molecule has 0 spiro atoms. The molecule has 12 heteroatoms. The number of furan rings is 1. The topological polar surface area (TPSA) is 106 Å². The monoisotopic (exact) mass is 687 g/mol. The van der Waals surface area contributed by atoms with Gasteiger partial charge in [0.15, 0.2) is 11.5 Å². The quantitative estimate of drug-likeness (QED) is 0.157. The Labute approximate surface area is 291 Å². The number of aromatic nitrogens is 2. The van der Waals surface area contributed by atoms with Crippen LogP contribution in [-0.2, 0) is 13.2 Å². The van der Waals surface area contributed by atoms with Crippen molar-refractivity contribution in [2.24, 2.45) is 0 Å². The summed E-state index contributed by atoms with van der Waals surface area (Å²) < 4.78 is 24.5. The lowest BCUT2D eigenvalue weighted by molar-refractivity contribution is 0.0782. The Morgan fingerprint density at radius 1 is 0.980 bits per heavy atom. The lowest BCUT2D eigenvalue weighted by Gasteiger charge is -2.27. The molecule has 0 aliphatic carbocycles. The smallest absolute Gasteiger partial charge is 0.253 e. The number of thiophene rings is 1. The zero-order valence-corrected chi connectivity index (χ0v) is 29.4. The van der Waals surface area contributed by atoms with Gasteiger partial charge in [-0.3, -0.25) is 4.79 Å². The fraction of sp³-hybridized carbons (Fsp3) is 0.405. The van der Waals surface area contributed by atoms with Crippen LogP contribution < -0.4 is 19.1 Å². The number of carbonyl (C=O) groups is 1. The van der Waals surface area contributed by atoms with Crippen LogP contribution in [0.1, 0.15) is 45.5 Å². The Kier molecular flexibility index (Phi) is 11.1. The summed E-state index contributed by atoms with van der Waals surface area (Å²) in [6.07, 6.45) is 1.94. The van der Waals surface area contributed by atoms with Crippen molar-refractivity contribution in [3.8, 4) is 17.2 Å². The maximum atomic E-state index is 13.7. The molecule has 1 N–H and O–H groups in total. The number of hydrogen-bond acceptors (Lipinski definition) is 10. The minimum atomic E-state index is -0.118. The van der Waals surface area contributed by atoms with Gasteiger partial charge in [0.05, 0.1) is 38.9 Å². The van der Waals surface area contributed by atoms with Gasteiger partial charge in [0.1, 0.15) is 18.1 Å². The Balaban J connectivity index is 1.13. The standard InChI is InChI=1S/C37H45N5O6S/c1-39(36(44)27-21-32(45-2)35(47-4)33(22-27)46-3)23-26(34-11-7-20-49-34)14-17-40-15-8-16-41(19-18-40)37-38-30-9-5-6-10-31(30)42(37)24-28-12-13-29(25-43)48-28/h5-7,9-13,20-22,26,43H,8,14-19,23-25H2,1-4H3. The van der Waals surface area contributed by atoms with Crippen molar-refractivity contribution in [1.29, 1.82) is 0 Å². The van der Waals surface area contributed by atoms with E-state index in [1.54, 1.807) is 49.7 Å². The molecule has 3 aromatic heterocycles. The predicted molar refractivity (Wildman–Crippen MR) is 191 cm³/mol. The number of hydrogen-bond donors (Lipinski definition) is 1. The van der Waals surface area contributed by atoms with Crippen LogP contribution in [0.3, 0.4) is 0 Å². The molecule has 49 heavy (non-hydrogen) atoms. The van der Waals surface area contributed by atoms with E-state index < -0.39 is 0 Å². The van der Waals surface area contributed by atoms with Crippen LogP contribution in [0.2, 0.25) is 0 Å². The van der Waals surface area contributed by atoms with Gasteiger partial charge in [-0.05, 0) is 73.8 Å². The first kappa shape index (κ1) is 34.3. The van der Waals surface area contributed by atoms with Crippen molar-refractivity contribution in [2.75, 3.05) is 72.5 Å². The van der Waals surface area contributed by atoms with E-state index in [0.29, 0.717) is 41.7 Å². The van der Waals surface area contributed by atoms with Gasteiger partial charge in [0.2, 0.25) is 11.7 Å². The Morgan fingerprint density at radius 2 is 1.76 bits per heavy atom. The Bertz CT molecular complexity index is 1810. The molecule has 0 radical (unpaired) electrons. The molecule has 1 fully saturated rings. The average molecular weight is 688 g/mol. The van der Waals surface area contributed by atoms with E-state index in [0.717, 1.165) is 68.3 Å². The van der Waals surface area contributed by atoms with Gasteiger partial charge in [-0.15, -0.1) is 11.3 Å². The van der Waals surface area contributed by atoms with Gasteiger partial charge >= 0.3 is 0 Å². The van der Waals surface area contributed by atoms with Gasteiger partial charge in [-0.1, -0.05) is 18.2 Å². The summed E-state index contributed by atoms with van der Waals surface area (Å²) >= 11 is 1.74. The number of carbonyl (C=O) groups excluding carboxylic acids is 1. The number of ether oxygens (including phenoxy) is 3. The predicted octanol–water partition coefficient (Wildman–Crippen LogP) is 5.72. The number of fused-ring (bicyclic) bond motifs is 1. The summed E-state index contributed by atoms with van der Waals surface area (Å²) in [5.41, 5.74) is 2.50. The van der Waals surface area contributed by atoms with Gasteiger partial charge < -0.3 is 43.0 Å². The van der Waals surface area contributed by atoms with Gasteiger partial charge in [0, 0.05) is 49.6 Å². The first-order chi connectivity index (χ1) is 23.9. The highest BCUT2D eigenvalue weighted by Crippen LogP contribution is 2.38. The lowest BCUT2D eigenvalue weighted by Crippen LogP contribution is -2.35. The van der Waals surface area contributed by atoms with Gasteiger partial charge in [-0.2, -0.15) is 0 Å². The fourth-order valence-corrected chi connectivity index (χ4v) is 7.48. The maximum absolute atomic E-state index is 13.7. The zero-order valence-electron chi connectivity index (χ0n) is 28.6. The first-order valence-corrected chi connectivity index (χ1v) is 17.5. The third-order valence-electron chi connectivity index (χ3n) is 9.18. The lowest BCUT2D eigenvalue weighted by atomic mass is 10.0. The summed E-state index contributed by atoms with van der Waals surface area (Å²) in [6.45, 7) is 5.60. The second-order valence-corrected chi connectivity index (χ2v) is 13.3. The van der Waals surface area contributed by atoms with Gasteiger partial charge in [-0.25, -0.2) is 4.98 Å². The molecule has 1 aliphatic heterocycles. The van der Waals surface area contributed by atoms with E-state index in [1.807, 2.05) is 31.3 Å². The summed E-state index contributed by atoms with van der Waals surface area (Å²) in [5.74, 6) is 3.75. The SMILES string of the molecule is COc1cc(C(=O)N(C)CC(CCN2CCCN(c3nc4ccccc4n3Cc3ccc(CO)o3)CC2)c2cccs2)cc(OC)c1OC. The molecule has 6 rings (SSSR count). The van der Waals surface area contributed by atoms with Crippen molar-refractivity contribution in [1.82, 2.24) is 19.4 Å². The second kappa shape index (κ2) is 15.8. The number of benzene rings is 2. The largest absolute Gasteiger partial charge is 0.493 e. The summed E-state index contributed by atoms with van der Waals surface area (Å²) in [4.78, 5) is 26.7. The molecule has 11 nitrogen and oxygen atoms in total. The highest BCUT2D eigenvalue weighted by Gasteiger charge is 2.25. The molecule has 2 aromatic carbocycles. The highest BCUT2D eigenvalue weighted by atomic mass is 32.1. The van der Waals surface area contributed by atoms with Crippen molar-refractivity contribution < 1.29 is 28.5 Å². The average Bonchev–Trinajstić information content (AvgIpc) is 3.87. The van der Waals surface area contributed by atoms with Crippen LogP contribution in [-0.4, -0.2) is 98.0 Å². The molecule has 5 aromatic rings. The number of nitrogens with zero attached hydrogens (tertiary/aromatic N) is 5. The maximum Gasteiger partial charge on any atom is 0.253 e. The van der Waals surface area contributed by atoms with E-state index in [1.165, 1.54) is 4.88 Å². The molecule has 1 atom stereocenters. The third-order valence-corrected chi connectivity index (χ3v) is 10.2. The molecule has 0 bridgehead atoms. The molecular weight excluding hydrogens is 643 g/mol. The van der Waals surface area contributed by atoms with Crippen molar-refractivity contribution in [3.05, 3.63) is 88.0 Å². The number of anilines is 1. The molecule has 1 amide bonds. The number of likely N-dealkylation sites (N-methyl/N-ethyl adjacent to an activating group) is 1. The minimum Gasteiger partial charge on any atom is -0.493 e. The van der Waals surface area contributed by atoms with E-state index in [9.17, 15) is 9.90 Å². The number of imidazole rings is 1. The van der Waals surface area contributed by atoms with Crippen LogP contribution >= 0.6 is 11.3 Å². The number of aliphatic hydroxyl groups is 1. The third kappa shape index (κ3) is 7.71. The molecule has 0 saturated carbocycles. The van der Waals surface area contributed by atoms with Crippen LogP contribution in [0, 0.1) is 0 Å². The molecule has 4 heterocycles. The number of rotatable bonds is 14. The Morgan fingerprint density at radius 3 is 2.45 bits per heavy atom. The number of para-hydroxylation sites is 2. The Hall–Kier alpha value is -4.52. The fourth-order valence-electron chi connectivity index (χ4n) is 6.63. The van der Waals surface area contributed by atoms with E-state index in [-0.39, 0.29) is 18.4 Å². The molecular formula is C37H45N5O6S. The normalized spacial score (nSPS) is 14.5. The zero-order chi connectivity index (χ0) is 34.3. The molecule has 260 valence electrons. The highest BCUT2D eigenvalue weighted by molar-refractivity contribution is 7.10. The number of methoxy groups -OCH3 is 3. The summed E-state index contributed by atoms with van der Waals surface area (Å²) in [7, 11) is 6.51.